The molecule has 1 aromatic heterocycles. The Labute approximate surface area is 222 Å². The molecule has 3 aromatic carbocycles. The Kier molecular flexibility index (Phi) is 8.02. The number of nitrogens with one attached hydrogen (secondary N) is 1. The molecule has 39 heavy (non-hydrogen) atoms. The van der Waals surface area contributed by atoms with E-state index in [9.17, 15) is 17.7 Å². The Morgan fingerprint density at radius 3 is 2.23 bits per heavy atom. The maximum Gasteiger partial charge on any atom is 0.469 e. The van der Waals surface area contributed by atoms with Crippen LogP contribution in [-0.2, 0) is 20.8 Å². The third kappa shape index (κ3) is 7.14. The lowest BCUT2D eigenvalue weighted by Gasteiger charge is -2.22. The van der Waals surface area contributed by atoms with Gasteiger partial charge in [0.25, 0.3) is 0 Å². The molecule has 8 nitrogen and oxygen atoms in total. The lowest BCUT2D eigenvalue weighted by molar-refractivity contribution is -0.139. The van der Waals surface area contributed by atoms with Crippen LogP contribution in [0.3, 0.4) is 0 Å². The van der Waals surface area contributed by atoms with Crippen molar-refractivity contribution in [3.63, 3.8) is 0 Å². The number of aromatic amines is 1. The number of hydrogen-bond donors (Lipinski definition) is 4. The zero-order chi connectivity index (χ0) is 28.4. The highest BCUT2D eigenvalue weighted by molar-refractivity contribution is 7.46. The molecule has 206 valence electrons. The number of phosphoric ester groups is 1. The van der Waals surface area contributed by atoms with E-state index in [1.807, 2.05) is 54.6 Å². The van der Waals surface area contributed by atoms with Gasteiger partial charge >= 0.3 is 14.0 Å². The number of H-pyrrole nitrogens is 1. The van der Waals surface area contributed by atoms with Gasteiger partial charge in [0.15, 0.2) is 0 Å². The first-order chi connectivity index (χ1) is 18.2. The normalized spacial score (nSPS) is 14.6. The maximum atomic E-state index is 14.0. The van der Waals surface area contributed by atoms with Crippen molar-refractivity contribution in [2.75, 3.05) is 6.61 Å². The van der Waals surface area contributed by atoms with Crippen LogP contribution in [0.4, 0.5) is 13.2 Å². The first-order valence-electron chi connectivity index (χ1n) is 11.8. The van der Waals surface area contributed by atoms with Gasteiger partial charge in [-0.25, -0.2) is 9.55 Å². The number of halogens is 3. The topological polar surface area (TPSA) is 131 Å². The smallest absolute Gasteiger partial charge is 0.469 e. The molecule has 4 rings (SSSR count). The lowest BCUT2D eigenvalue weighted by atomic mass is 10.0. The highest BCUT2D eigenvalue weighted by Gasteiger charge is 2.36. The summed E-state index contributed by atoms with van der Waals surface area (Å²) in [5.74, 6) is -0.253. The molecular formula is C27H27F3N3O5P. The van der Waals surface area contributed by atoms with Gasteiger partial charge in [-0.1, -0.05) is 54.6 Å². The van der Waals surface area contributed by atoms with Crippen LogP contribution in [0.2, 0.25) is 0 Å². The molecule has 1 unspecified atom stereocenters. The van der Waals surface area contributed by atoms with Crippen molar-refractivity contribution in [2.24, 2.45) is 5.73 Å². The van der Waals surface area contributed by atoms with Crippen molar-refractivity contribution in [3.8, 4) is 28.1 Å². The fourth-order valence-electron chi connectivity index (χ4n) is 3.90. The van der Waals surface area contributed by atoms with Crippen LogP contribution in [0.25, 0.3) is 22.4 Å². The molecule has 4 aromatic rings. The van der Waals surface area contributed by atoms with Crippen LogP contribution in [0.1, 0.15) is 36.9 Å². The molecule has 12 heteroatoms. The first-order valence-corrected chi connectivity index (χ1v) is 13.3. The summed E-state index contributed by atoms with van der Waals surface area (Å²) in [7, 11) is -4.78. The van der Waals surface area contributed by atoms with E-state index in [2.05, 4.69) is 14.5 Å². The van der Waals surface area contributed by atoms with Gasteiger partial charge in [-0.05, 0) is 48.7 Å². The molecule has 0 aliphatic carbocycles. The fourth-order valence-corrected chi connectivity index (χ4v) is 4.34. The van der Waals surface area contributed by atoms with Gasteiger partial charge in [-0.2, -0.15) is 13.2 Å². The van der Waals surface area contributed by atoms with Gasteiger partial charge in [0.05, 0.1) is 29.6 Å². The zero-order valence-corrected chi connectivity index (χ0v) is 21.9. The van der Waals surface area contributed by atoms with Gasteiger partial charge in [0, 0.05) is 5.56 Å². The minimum atomic E-state index is -4.78. The molecule has 1 heterocycles. The standard InChI is InChI=1S/C27H27F3N3O5P/c1-17(18-8-10-20(11-9-18)19-6-4-3-5-7-19)38-24-13-12-21(14-22(24)27(28,29)30)23-15-32-25(33-23)26(2,31)16-37-39(34,35)36/h3-15,17H,16,31H2,1-2H3,(H,32,33)(H2,34,35,36)/t17?,26-/m0/s1. The average molecular weight is 561 g/mol. The number of imidazole rings is 1. The predicted molar refractivity (Wildman–Crippen MR) is 139 cm³/mol. The van der Waals surface area contributed by atoms with Gasteiger partial charge in [-0.15, -0.1) is 0 Å². The SMILES string of the molecule is CC(Oc1ccc(-c2cnc([C@@](C)(N)COP(=O)(O)O)[nH]2)cc1C(F)(F)F)c1ccc(-c2ccccc2)cc1. The highest BCUT2D eigenvalue weighted by atomic mass is 31.2. The summed E-state index contributed by atoms with van der Waals surface area (Å²) < 4.78 is 63.3. The maximum absolute atomic E-state index is 14.0. The van der Waals surface area contributed by atoms with Crippen molar-refractivity contribution < 1.29 is 36.8 Å². The van der Waals surface area contributed by atoms with E-state index < -0.39 is 37.8 Å². The Morgan fingerprint density at radius 2 is 1.62 bits per heavy atom. The molecule has 0 bridgehead atoms. The van der Waals surface area contributed by atoms with E-state index in [4.69, 9.17) is 20.3 Å². The van der Waals surface area contributed by atoms with E-state index in [1.165, 1.54) is 25.3 Å². The Bertz CT molecular complexity index is 1470. The molecule has 0 saturated heterocycles. The number of rotatable bonds is 9. The van der Waals surface area contributed by atoms with Crippen LogP contribution in [0, 0.1) is 0 Å². The lowest BCUT2D eigenvalue weighted by Crippen LogP contribution is -2.39. The van der Waals surface area contributed by atoms with Gasteiger partial charge in [0.2, 0.25) is 0 Å². The van der Waals surface area contributed by atoms with Crippen molar-refractivity contribution in [2.45, 2.75) is 31.7 Å². The largest absolute Gasteiger partial charge is 0.485 e. The summed E-state index contributed by atoms with van der Waals surface area (Å²) in [6, 6.07) is 20.8. The first kappa shape index (κ1) is 28.5. The van der Waals surface area contributed by atoms with Crippen LogP contribution >= 0.6 is 7.82 Å². The van der Waals surface area contributed by atoms with E-state index in [-0.39, 0.29) is 22.8 Å². The predicted octanol–water partition coefficient (Wildman–Crippen LogP) is 6.19. The van der Waals surface area contributed by atoms with Gasteiger partial charge < -0.3 is 25.2 Å². The minimum absolute atomic E-state index is 0.0763. The third-order valence-corrected chi connectivity index (χ3v) is 6.50. The number of hydrogen-bond acceptors (Lipinski definition) is 5. The van der Waals surface area contributed by atoms with Crippen LogP contribution < -0.4 is 10.5 Å². The summed E-state index contributed by atoms with van der Waals surface area (Å²) in [4.78, 5) is 24.7. The van der Waals surface area contributed by atoms with E-state index >= 15 is 0 Å². The Balaban J connectivity index is 1.56. The number of aromatic nitrogens is 2. The molecule has 0 aliphatic heterocycles. The Hall–Kier alpha value is -3.47. The number of nitrogens with two attached hydrogens (primary N) is 1. The molecule has 0 amide bonds. The number of nitrogens with zero attached hydrogens (tertiary/aromatic N) is 1. The second-order valence-corrected chi connectivity index (χ2v) is 10.5. The van der Waals surface area contributed by atoms with Gasteiger partial charge in [0.1, 0.15) is 17.7 Å². The molecule has 0 radical (unpaired) electrons. The number of benzene rings is 3. The van der Waals surface area contributed by atoms with E-state index in [1.54, 1.807) is 6.92 Å². The second kappa shape index (κ2) is 11.0. The fraction of sp³-hybridized carbons (Fsp3) is 0.222. The van der Waals surface area contributed by atoms with E-state index in [0.29, 0.717) is 5.56 Å². The number of alkyl halides is 3. The summed E-state index contributed by atoms with van der Waals surface area (Å²) >= 11 is 0. The molecule has 5 N–H and O–H groups in total. The van der Waals surface area contributed by atoms with Gasteiger partial charge in [-0.3, -0.25) is 4.52 Å². The number of phosphoric acid groups is 1. The zero-order valence-electron chi connectivity index (χ0n) is 21.0. The minimum Gasteiger partial charge on any atom is -0.485 e. The number of ether oxygens (including phenoxy) is 1. The van der Waals surface area contributed by atoms with Crippen molar-refractivity contribution in [1.29, 1.82) is 0 Å². The summed E-state index contributed by atoms with van der Waals surface area (Å²) in [5.41, 5.74) is 6.75. The van der Waals surface area contributed by atoms with Crippen LogP contribution in [0.5, 0.6) is 5.75 Å². The van der Waals surface area contributed by atoms with E-state index in [0.717, 1.165) is 17.2 Å². The third-order valence-electron chi connectivity index (χ3n) is 6.04. The molecule has 0 aliphatic rings. The molecular weight excluding hydrogens is 534 g/mol. The quantitative estimate of drug-likeness (QED) is 0.179. The summed E-state index contributed by atoms with van der Waals surface area (Å²) in [6.07, 6.45) is -4.08. The highest BCUT2D eigenvalue weighted by Crippen LogP contribution is 2.41. The second-order valence-electron chi connectivity index (χ2n) is 9.28. The summed E-state index contributed by atoms with van der Waals surface area (Å²) in [5, 5.41) is 0. The average Bonchev–Trinajstić information content (AvgIpc) is 3.39. The van der Waals surface area contributed by atoms with Crippen LogP contribution in [0.15, 0.2) is 79.0 Å². The Morgan fingerprint density at radius 1 is 1.00 bits per heavy atom. The van der Waals surface area contributed by atoms with Crippen molar-refractivity contribution >= 4 is 7.82 Å². The monoisotopic (exact) mass is 561 g/mol. The molecule has 0 spiro atoms. The molecule has 2 atom stereocenters. The summed E-state index contributed by atoms with van der Waals surface area (Å²) in [6.45, 7) is 2.51. The van der Waals surface area contributed by atoms with Crippen LogP contribution in [-0.4, -0.2) is 26.4 Å². The molecule has 0 fully saturated rings. The molecule has 0 saturated carbocycles. The van der Waals surface area contributed by atoms with Crippen molar-refractivity contribution in [1.82, 2.24) is 9.97 Å². The van der Waals surface area contributed by atoms with Crippen molar-refractivity contribution in [3.05, 3.63) is 95.9 Å².